The van der Waals surface area contributed by atoms with Crippen LogP contribution in [0.1, 0.15) is 13.8 Å². The second kappa shape index (κ2) is 5.09. The molecule has 0 aliphatic rings. The number of fused-ring (bicyclic) bond motifs is 1. The standard InChI is InChI=1S/C15H15N3OS/c1-9(2)16-15-18-13(8-20-15)12-7-14(19)10-5-3-4-6-11(10)17-12/h3-9H,1-2H3,(H,16,18)(H,17,19). The highest BCUT2D eigenvalue weighted by Gasteiger charge is 2.08. The number of benzene rings is 1. The Labute approximate surface area is 120 Å². The van der Waals surface area contributed by atoms with Gasteiger partial charge in [-0.2, -0.15) is 0 Å². The van der Waals surface area contributed by atoms with Crippen LogP contribution in [0.4, 0.5) is 5.13 Å². The lowest BCUT2D eigenvalue weighted by Crippen LogP contribution is -2.09. The van der Waals surface area contributed by atoms with Gasteiger partial charge in [-0.3, -0.25) is 4.79 Å². The molecule has 2 heterocycles. The maximum Gasteiger partial charge on any atom is 0.190 e. The van der Waals surface area contributed by atoms with Crippen molar-refractivity contribution < 1.29 is 0 Å². The zero-order valence-electron chi connectivity index (χ0n) is 11.3. The molecule has 0 aliphatic heterocycles. The topological polar surface area (TPSA) is 57.8 Å². The molecule has 0 unspecified atom stereocenters. The fourth-order valence-electron chi connectivity index (χ4n) is 2.05. The quantitative estimate of drug-likeness (QED) is 0.774. The number of pyridine rings is 1. The van der Waals surface area contributed by atoms with E-state index in [2.05, 4.69) is 29.1 Å². The van der Waals surface area contributed by atoms with Gasteiger partial charge in [0.1, 0.15) is 0 Å². The van der Waals surface area contributed by atoms with Crippen LogP contribution in [0.2, 0.25) is 0 Å². The van der Waals surface area contributed by atoms with E-state index in [0.29, 0.717) is 11.4 Å². The number of nitrogens with zero attached hydrogens (tertiary/aromatic N) is 1. The SMILES string of the molecule is CC(C)Nc1nc(-c2cc(=O)c3ccccc3[nH]2)cs1. The number of H-pyrrole nitrogens is 1. The van der Waals surface area contributed by atoms with Crippen molar-refractivity contribution in [1.82, 2.24) is 9.97 Å². The minimum absolute atomic E-state index is 0.0146. The van der Waals surface area contributed by atoms with Crippen LogP contribution in [0, 0.1) is 0 Å². The molecule has 2 aromatic heterocycles. The Morgan fingerprint density at radius 3 is 2.90 bits per heavy atom. The molecule has 20 heavy (non-hydrogen) atoms. The van der Waals surface area contributed by atoms with Crippen LogP contribution in [0.5, 0.6) is 0 Å². The van der Waals surface area contributed by atoms with Crippen molar-refractivity contribution in [3.8, 4) is 11.4 Å². The number of aromatic nitrogens is 2. The van der Waals surface area contributed by atoms with Gasteiger partial charge in [0.2, 0.25) is 0 Å². The summed E-state index contributed by atoms with van der Waals surface area (Å²) in [4.78, 5) is 19.9. The molecule has 0 saturated heterocycles. The first-order valence-electron chi connectivity index (χ1n) is 6.48. The maximum absolute atomic E-state index is 12.1. The van der Waals surface area contributed by atoms with Gasteiger partial charge in [0.15, 0.2) is 10.6 Å². The largest absolute Gasteiger partial charge is 0.359 e. The highest BCUT2D eigenvalue weighted by atomic mass is 32.1. The van der Waals surface area contributed by atoms with E-state index in [0.717, 1.165) is 22.0 Å². The first-order chi connectivity index (χ1) is 9.63. The Morgan fingerprint density at radius 1 is 1.30 bits per heavy atom. The van der Waals surface area contributed by atoms with Crippen molar-refractivity contribution in [3.63, 3.8) is 0 Å². The minimum atomic E-state index is 0.0146. The van der Waals surface area contributed by atoms with Crippen molar-refractivity contribution in [1.29, 1.82) is 0 Å². The number of para-hydroxylation sites is 1. The van der Waals surface area contributed by atoms with Gasteiger partial charge in [0.05, 0.1) is 11.4 Å². The van der Waals surface area contributed by atoms with E-state index in [1.807, 2.05) is 29.6 Å². The molecule has 0 spiro atoms. The van der Waals surface area contributed by atoms with E-state index >= 15 is 0 Å². The number of anilines is 1. The minimum Gasteiger partial charge on any atom is -0.359 e. The molecule has 0 amide bonds. The number of aromatic amines is 1. The van der Waals surface area contributed by atoms with Crippen LogP contribution in [0.15, 0.2) is 40.5 Å². The summed E-state index contributed by atoms with van der Waals surface area (Å²) < 4.78 is 0. The summed E-state index contributed by atoms with van der Waals surface area (Å²) in [5, 5.41) is 6.78. The lowest BCUT2D eigenvalue weighted by atomic mass is 10.2. The third-order valence-electron chi connectivity index (χ3n) is 2.93. The molecule has 0 aliphatic carbocycles. The second-order valence-electron chi connectivity index (χ2n) is 4.93. The smallest absolute Gasteiger partial charge is 0.190 e. The summed E-state index contributed by atoms with van der Waals surface area (Å²) in [6.45, 7) is 4.14. The predicted molar refractivity (Wildman–Crippen MR) is 84.4 cm³/mol. The van der Waals surface area contributed by atoms with Gasteiger partial charge in [-0.1, -0.05) is 12.1 Å². The maximum atomic E-state index is 12.1. The van der Waals surface area contributed by atoms with Crippen LogP contribution < -0.4 is 10.7 Å². The number of rotatable bonds is 3. The first-order valence-corrected chi connectivity index (χ1v) is 7.36. The van der Waals surface area contributed by atoms with Gasteiger partial charge in [-0.25, -0.2) is 4.98 Å². The summed E-state index contributed by atoms with van der Waals surface area (Å²) in [6.07, 6.45) is 0. The Balaban J connectivity index is 2.06. The molecule has 0 saturated carbocycles. The van der Waals surface area contributed by atoms with Crippen molar-refractivity contribution in [2.75, 3.05) is 5.32 Å². The molecule has 5 heteroatoms. The third kappa shape index (κ3) is 2.44. The van der Waals surface area contributed by atoms with Gasteiger partial charge in [-0.05, 0) is 26.0 Å². The van der Waals surface area contributed by atoms with Crippen molar-refractivity contribution in [2.45, 2.75) is 19.9 Å². The van der Waals surface area contributed by atoms with Crippen LogP contribution in [0.3, 0.4) is 0 Å². The van der Waals surface area contributed by atoms with Crippen LogP contribution in [-0.4, -0.2) is 16.0 Å². The molecule has 102 valence electrons. The van der Waals surface area contributed by atoms with Crippen molar-refractivity contribution >= 4 is 27.4 Å². The lowest BCUT2D eigenvalue weighted by molar-refractivity contribution is 0.896. The van der Waals surface area contributed by atoms with E-state index in [1.165, 1.54) is 11.3 Å². The van der Waals surface area contributed by atoms with Gasteiger partial charge in [-0.15, -0.1) is 11.3 Å². The van der Waals surface area contributed by atoms with E-state index in [1.54, 1.807) is 6.07 Å². The van der Waals surface area contributed by atoms with Crippen LogP contribution in [0.25, 0.3) is 22.3 Å². The zero-order valence-corrected chi connectivity index (χ0v) is 12.1. The van der Waals surface area contributed by atoms with E-state index in [9.17, 15) is 4.79 Å². The molecular weight excluding hydrogens is 270 g/mol. The van der Waals surface area contributed by atoms with E-state index in [-0.39, 0.29) is 5.43 Å². The number of thiazole rings is 1. The van der Waals surface area contributed by atoms with Crippen molar-refractivity contribution in [3.05, 3.63) is 45.9 Å². The molecule has 0 atom stereocenters. The van der Waals surface area contributed by atoms with E-state index < -0.39 is 0 Å². The summed E-state index contributed by atoms with van der Waals surface area (Å²) in [6, 6.07) is 9.45. The summed E-state index contributed by atoms with van der Waals surface area (Å²) in [5.41, 5.74) is 2.39. The highest BCUT2D eigenvalue weighted by Crippen LogP contribution is 2.24. The number of hydrogen-bond acceptors (Lipinski definition) is 4. The van der Waals surface area contributed by atoms with E-state index in [4.69, 9.17) is 0 Å². The van der Waals surface area contributed by atoms with Crippen LogP contribution >= 0.6 is 11.3 Å². The first kappa shape index (κ1) is 12.9. The Kier molecular flexibility index (Phi) is 3.28. The molecule has 1 aromatic carbocycles. The van der Waals surface area contributed by atoms with Gasteiger partial charge in [0, 0.05) is 28.4 Å². The highest BCUT2D eigenvalue weighted by molar-refractivity contribution is 7.14. The normalized spacial score (nSPS) is 11.2. The summed E-state index contributed by atoms with van der Waals surface area (Å²) in [7, 11) is 0. The lowest BCUT2D eigenvalue weighted by Gasteiger charge is -2.04. The molecule has 3 aromatic rings. The fourth-order valence-corrected chi connectivity index (χ4v) is 2.90. The molecule has 0 bridgehead atoms. The zero-order chi connectivity index (χ0) is 14.1. The second-order valence-corrected chi connectivity index (χ2v) is 5.79. The molecule has 4 nitrogen and oxygen atoms in total. The third-order valence-corrected chi connectivity index (χ3v) is 3.70. The number of hydrogen-bond donors (Lipinski definition) is 2. The molecule has 3 rings (SSSR count). The Bertz CT molecular complexity index is 804. The molecular formula is C15H15N3OS. The van der Waals surface area contributed by atoms with Crippen LogP contribution in [-0.2, 0) is 0 Å². The average molecular weight is 285 g/mol. The predicted octanol–water partition coefficient (Wildman–Crippen LogP) is 3.47. The molecule has 0 radical (unpaired) electrons. The Hall–Kier alpha value is -2.14. The average Bonchev–Trinajstić information content (AvgIpc) is 2.86. The Morgan fingerprint density at radius 2 is 2.10 bits per heavy atom. The molecule has 0 fully saturated rings. The summed E-state index contributed by atoms with van der Waals surface area (Å²) >= 11 is 1.54. The fraction of sp³-hybridized carbons (Fsp3) is 0.200. The van der Waals surface area contributed by atoms with Gasteiger partial charge < -0.3 is 10.3 Å². The summed E-state index contributed by atoms with van der Waals surface area (Å²) in [5.74, 6) is 0. The monoisotopic (exact) mass is 285 g/mol. The van der Waals surface area contributed by atoms with Gasteiger partial charge in [0.25, 0.3) is 0 Å². The number of nitrogens with one attached hydrogen (secondary N) is 2. The molecule has 2 N–H and O–H groups in total. The van der Waals surface area contributed by atoms with Crippen molar-refractivity contribution in [2.24, 2.45) is 0 Å². The van der Waals surface area contributed by atoms with Gasteiger partial charge >= 0.3 is 0 Å².